The molecule has 9 nitrogen and oxygen atoms in total. The van der Waals surface area contributed by atoms with E-state index in [1.165, 1.54) is 35.2 Å². The normalized spacial score (nSPS) is 14.3. The first-order chi connectivity index (χ1) is 17.0. The molecule has 3 aromatic rings. The number of non-ortho nitro benzene ring substituents is 1. The van der Waals surface area contributed by atoms with Gasteiger partial charge in [0.05, 0.1) is 26.6 Å². The van der Waals surface area contributed by atoms with Crippen molar-refractivity contribution in [3.63, 3.8) is 0 Å². The first-order valence-corrected chi connectivity index (χ1v) is 13.0. The van der Waals surface area contributed by atoms with Crippen LogP contribution in [0.5, 0.6) is 0 Å². The van der Waals surface area contributed by atoms with Crippen molar-refractivity contribution in [2.24, 2.45) is 4.99 Å². The van der Waals surface area contributed by atoms with Crippen molar-refractivity contribution in [3.8, 4) is 0 Å². The second-order valence-corrected chi connectivity index (χ2v) is 9.89. The van der Waals surface area contributed by atoms with Gasteiger partial charge in [0.15, 0.2) is 4.80 Å². The SMILES string of the molecule is C=CCn1c(=NC(=O)CSCC(=O)N2CCN(c3ccccc3)CC2)sc2cc([N+](=O)[O-])ccc21. The molecule has 0 N–H and O–H groups in total. The number of hydrogen-bond acceptors (Lipinski definition) is 7. The molecule has 0 unspecified atom stereocenters. The van der Waals surface area contributed by atoms with Crippen molar-refractivity contribution in [1.29, 1.82) is 0 Å². The molecule has 0 spiro atoms. The maximum Gasteiger partial charge on any atom is 0.270 e. The predicted octanol–water partition coefficient (Wildman–Crippen LogP) is 3.31. The molecule has 1 aliphatic rings. The number of thioether (sulfide) groups is 1. The third-order valence-corrected chi connectivity index (χ3v) is 7.56. The number of nitro groups is 1. The number of fused-ring (bicyclic) bond motifs is 1. The van der Waals surface area contributed by atoms with E-state index < -0.39 is 4.92 Å². The summed E-state index contributed by atoms with van der Waals surface area (Å²) in [6.45, 7) is 7.03. The number of benzene rings is 2. The lowest BCUT2D eigenvalue weighted by Gasteiger charge is -2.36. The highest BCUT2D eigenvalue weighted by atomic mass is 32.2. The Morgan fingerprint density at radius 1 is 1.11 bits per heavy atom. The summed E-state index contributed by atoms with van der Waals surface area (Å²) in [6, 6.07) is 14.7. The van der Waals surface area contributed by atoms with Crippen molar-refractivity contribution in [1.82, 2.24) is 9.47 Å². The number of thiazole rings is 1. The molecule has 1 aromatic heterocycles. The van der Waals surface area contributed by atoms with E-state index in [4.69, 9.17) is 0 Å². The van der Waals surface area contributed by atoms with E-state index in [0.29, 0.717) is 29.1 Å². The van der Waals surface area contributed by atoms with Crippen molar-refractivity contribution < 1.29 is 14.5 Å². The lowest BCUT2D eigenvalue weighted by atomic mass is 10.2. The third-order valence-electron chi connectivity index (χ3n) is 5.61. The standard InChI is InChI=1S/C24H25N5O4S2/c1-2-10-28-20-9-8-19(29(32)33)15-21(20)35-24(28)25-22(30)16-34-17-23(31)27-13-11-26(12-14-27)18-6-4-3-5-7-18/h2-9,15H,1,10-14,16-17H2. The summed E-state index contributed by atoms with van der Waals surface area (Å²) in [7, 11) is 0. The van der Waals surface area contributed by atoms with Gasteiger partial charge in [0, 0.05) is 50.5 Å². The van der Waals surface area contributed by atoms with Crippen LogP contribution in [0.4, 0.5) is 11.4 Å². The topological polar surface area (TPSA) is 101 Å². The molecule has 182 valence electrons. The fourth-order valence-corrected chi connectivity index (χ4v) is 5.66. The molecule has 2 amide bonds. The summed E-state index contributed by atoms with van der Waals surface area (Å²) in [6.07, 6.45) is 1.68. The maximum atomic E-state index is 12.6. The van der Waals surface area contributed by atoms with Crippen LogP contribution in [-0.2, 0) is 16.1 Å². The Hall–Kier alpha value is -3.44. The van der Waals surface area contributed by atoms with Crippen LogP contribution >= 0.6 is 23.1 Å². The molecule has 2 heterocycles. The second-order valence-electron chi connectivity index (χ2n) is 7.89. The number of rotatable bonds is 8. The summed E-state index contributed by atoms with van der Waals surface area (Å²) >= 11 is 2.47. The first-order valence-electron chi connectivity index (χ1n) is 11.1. The molecule has 1 saturated heterocycles. The quantitative estimate of drug-likeness (QED) is 0.261. The predicted molar refractivity (Wildman–Crippen MR) is 140 cm³/mol. The van der Waals surface area contributed by atoms with E-state index in [2.05, 4.69) is 28.6 Å². The highest BCUT2D eigenvalue weighted by Gasteiger charge is 2.21. The number of nitrogens with zero attached hydrogens (tertiary/aromatic N) is 5. The number of aromatic nitrogens is 1. The molecular weight excluding hydrogens is 486 g/mol. The number of carbonyl (C=O) groups is 2. The molecule has 0 radical (unpaired) electrons. The summed E-state index contributed by atoms with van der Waals surface area (Å²) in [5, 5.41) is 11.1. The van der Waals surface area contributed by atoms with Crippen molar-refractivity contribution >= 4 is 56.5 Å². The zero-order valence-corrected chi connectivity index (χ0v) is 20.7. The Kier molecular flexibility index (Phi) is 7.98. The molecule has 0 saturated carbocycles. The van der Waals surface area contributed by atoms with Crippen LogP contribution < -0.4 is 9.70 Å². The average molecular weight is 512 g/mol. The number of amides is 2. The van der Waals surface area contributed by atoms with Gasteiger partial charge in [-0.1, -0.05) is 35.6 Å². The number of anilines is 1. The van der Waals surface area contributed by atoms with Crippen LogP contribution in [0.15, 0.2) is 66.2 Å². The van der Waals surface area contributed by atoms with Crippen LogP contribution in [0.25, 0.3) is 10.2 Å². The first kappa shape index (κ1) is 24.7. The molecule has 0 bridgehead atoms. The monoisotopic (exact) mass is 511 g/mol. The number of allylic oxidation sites excluding steroid dienone is 1. The molecule has 35 heavy (non-hydrogen) atoms. The third kappa shape index (κ3) is 5.98. The van der Waals surface area contributed by atoms with Gasteiger partial charge in [0.2, 0.25) is 5.91 Å². The van der Waals surface area contributed by atoms with Gasteiger partial charge in [-0.25, -0.2) is 0 Å². The number of piperazine rings is 1. The smallest absolute Gasteiger partial charge is 0.270 e. The van der Waals surface area contributed by atoms with E-state index in [1.54, 1.807) is 16.7 Å². The van der Waals surface area contributed by atoms with E-state index in [1.807, 2.05) is 23.1 Å². The molecular formula is C24H25N5O4S2. The maximum absolute atomic E-state index is 12.6. The zero-order valence-electron chi connectivity index (χ0n) is 19.0. The van der Waals surface area contributed by atoms with Gasteiger partial charge < -0.3 is 14.4 Å². The number of nitro benzene ring substituents is 1. The van der Waals surface area contributed by atoms with E-state index in [-0.39, 0.29) is 29.0 Å². The minimum Gasteiger partial charge on any atom is -0.368 e. The van der Waals surface area contributed by atoms with Crippen molar-refractivity contribution in [2.75, 3.05) is 42.6 Å². The largest absolute Gasteiger partial charge is 0.368 e. The summed E-state index contributed by atoms with van der Waals surface area (Å²) in [5.41, 5.74) is 1.90. The fraction of sp³-hybridized carbons (Fsp3) is 0.292. The van der Waals surface area contributed by atoms with Gasteiger partial charge in [-0.15, -0.1) is 18.3 Å². The minimum absolute atomic E-state index is 0.0129. The van der Waals surface area contributed by atoms with Gasteiger partial charge in [-0.3, -0.25) is 19.7 Å². The number of para-hydroxylation sites is 1. The molecule has 1 aliphatic heterocycles. The average Bonchev–Trinajstić information content (AvgIpc) is 3.20. The molecule has 2 aromatic carbocycles. The van der Waals surface area contributed by atoms with Crippen molar-refractivity contribution in [2.45, 2.75) is 6.54 Å². The van der Waals surface area contributed by atoms with Crippen LogP contribution in [0.1, 0.15) is 0 Å². The molecule has 1 fully saturated rings. The van der Waals surface area contributed by atoms with Gasteiger partial charge >= 0.3 is 0 Å². The molecule has 0 aliphatic carbocycles. The number of carbonyl (C=O) groups excluding carboxylic acids is 2. The van der Waals surface area contributed by atoms with E-state index in [9.17, 15) is 19.7 Å². The Morgan fingerprint density at radius 2 is 1.86 bits per heavy atom. The lowest BCUT2D eigenvalue weighted by Crippen LogP contribution is -2.49. The Bertz CT molecular complexity index is 1310. The lowest BCUT2D eigenvalue weighted by molar-refractivity contribution is -0.384. The van der Waals surface area contributed by atoms with Crippen LogP contribution in [0, 0.1) is 10.1 Å². The molecule has 4 rings (SSSR count). The Balaban J connectivity index is 1.33. The Labute approximate surface area is 210 Å². The summed E-state index contributed by atoms with van der Waals surface area (Å²) in [4.78, 5) is 44.5. The fourth-order valence-electron chi connectivity index (χ4n) is 3.88. The highest BCUT2D eigenvalue weighted by Crippen LogP contribution is 2.23. The second kappa shape index (κ2) is 11.3. The van der Waals surface area contributed by atoms with E-state index >= 15 is 0 Å². The van der Waals surface area contributed by atoms with Crippen molar-refractivity contribution in [3.05, 3.63) is 76.1 Å². The Morgan fingerprint density at radius 3 is 2.54 bits per heavy atom. The van der Waals surface area contributed by atoms with Crippen LogP contribution in [0.3, 0.4) is 0 Å². The minimum atomic E-state index is -0.450. The van der Waals surface area contributed by atoms with Crippen LogP contribution in [0.2, 0.25) is 0 Å². The van der Waals surface area contributed by atoms with Crippen LogP contribution in [-0.4, -0.2) is 63.9 Å². The van der Waals surface area contributed by atoms with E-state index in [0.717, 1.165) is 24.3 Å². The summed E-state index contributed by atoms with van der Waals surface area (Å²) < 4.78 is 2.47. The number of hydrogen-bond donors (Lipinski definition) is 0. The van der Waals surface area contributed by atoms with Gasteiger partial charge in [-0.05, 0) is 18.2 Å². The molecule has 0 atom stereocenters. The van der Waals surface area contributed by atoms with Gasteiger partial charge in [0.25, 0.3) is 11.6 Å². The highest BCUT2D eigenvalue weighted by molar-refractivity contribution is 8.00. The molecule has 11 heteroatoms. The van der Waals surface area contributed by atoms with Gasteiger partial charge in [-0.2, -0.15) is 4.99 Å². The summed E-state index contributed by atoms with van der Waals surface area (Å²) in [5.74, 6) is -0.0299. The zero-order chi connectivity index (χ0) is 24.8. The van der Waals surface area contributed by atoms with Gasteiger partial charge in [0.1, 0.15) is 0 Å².